The first kappa shape index (κ1) is 15.5. The van der Waals surface area contributed by atoms with E-state index in [9.17, 15) is 9.59 Å². The van der Waals surface area contributed by atoms with Crippen LogP contribution >= 0.6 is 0 Å². The van der Waals surface area contributed by atoms with Crippen LogP contribution in [0.5, 0.6) is 0 Å². The Hall–Kier alpha value is -3.35. The van der Waals surface area contributed by atoms with Gasteiger partial charge in [-0.15, -0.1) is 0 Å². The third-order valence-corrected chi connectivity index (χ3v) is 3.56. The van der Waals surface area contributed by atoms with E-state index in [1.807, 2.05) is 0 Å². The molecular formula is C17H16N4O3. The minimum Gasteiger partial charge on any atom is -0.472 e. The smallest absolute Gasteiger partial charge is 0.255 e. The molecule has 122 valence electrons. The number of hydrogen-bond acceptors (Lipinski definition) is 4. The molecule has 7 heteroatoms. The van der Waals surface area contributed by atoms with E-state index >= 15 is 0 Å². The number of aryl methyl sites for hydroxylation is 1. The molecule has 0 saturated carbocycles. The summed E-state index contributed by atoms with van der Waals surface area (Å²) in [6, 6.07) is 8.51. The van der Waals surface area contributed by atoms with Crippen LogP contribution in [0.25, 0.3) is 11.3 Å². The zero-order valence-corrected chi connectivity index (χ0v) is 13.0. The lowest BCUT2D eigenvalue weighted by molar-refractivity contribution is 0.0949. The number of carbonyl (C=O) groups excluding carboxylic acids is 2. The number of nitrogens with one attached hydrogen (secondary N) is 1. The second-order valence-corrected chi connectivity index (χ2v) is 5.32. The van der Waals surface area contributed by atoms with Gasteiger partial charge in [0.15, 0.2) is 0 Å². The zero-order chi connectivity index (χ0) is 17.1. The van der Waals surface area contributed by atoms with E-state index in [-0.39, 0.29) is 5.91 Å². The van der Waals surface area contributed by atoms with Crippen LogP contribution in [0.4, 0.5) is 0 Å². The van der Waals surface area contributed by atoms with Crippen molar-refractivity contribution in [3.63, 3.8) is 0 Å². The molecule has 2 amide bonds. The van der Waals surface area contributed by atoms with Gasteiger partial charge in [-0.1, -0.05) is 12.1 Å². The molecule has 24 heavy (non-hydrogen) atoms. The highest BCUT2D eigenvalue weighted by atomic mass is 16.3. The zero-order valence-electron chi connectivity index (χ0n) is 13.0. The largest absolute Gasteiger partial charge is 0.472 e. The Balaban J connectivity index is 1.73. The third-order valence-electron chi connectivity index (χ3n) is 3.56. The average molecular weight is 324 g/mol. The van der Waals surface area contributed by atoms with E-state index < -0.39 is 5.91 Å². The Labute approximate surface area is 138 Å². The molecule has 0 aliphatic heterocycles. The molecule has 2 heterocycles. The lowest BCUT2D eigenvalue weighted by atomic mass is 10.1. The Kier molecular flexibility index (Phi) is 4.15. The normalized spacial score (nSPS) is 10.5. The predicted molar refractivity (Wildman–Crippen MR) is 87.0 cm³/mol. The van der Waals surface area contributed by atoms with Crippen molar-refractivity contribution in [1.29, 1.82) is 0 Å². The molecule has 3 rings (SSSR count). The molecular weight excluding hydrogens is 308 g/mol. The van der Waals surface area contributed by atoms with Gasteiger partial charge in [-0.3, -0.25) is 14.3 Å². The van der Waals surface area contributed by atoms with Gasteiger partial charge in [0.1, 0.15) is 5.69 Å². The Morgan fingerprint density at radius 3 is 2.62 bits per heavy atom. The summed E-state index contributed by atoms with van der Waals surface area (Å²) >= 11 is 0. The molecule has 0 aliphatic rings. The van der Waals surface area contributed by atoms with Crippen LogP contribution in [-0.2, 0) is 13.6 Å². The topological polar surface area (TPSA) is 103 Å². The number of carbonyl (C=O) groups is 2. The van der Waals surface area contributed by atoms with Crippen LogP contribution in [0.1, 0.15) is 26.3 Å². The standard InChI is InChI=1S/C17H16N4O3/c1-21-9-14(15(20-21)13-6-7-24-10-13)17(23)19-8-11-2-4-12(5-3-11)16(18)22/h2-7,9-10H,8H2,1H3,(H2,18,22)(H,19,23). The van der Waals surface area contributed by atoms with Crippen molar-refractivity contribution < 1.29 is 14.0 Å². The van der Waals surface area contributed by atoms with Crippen LogP contribution in [0.15, 0.2) is 53.5 Å². The van der Waals surface area contributed by atoms with Gasteiger partial charge in [0.25, 0.3) is 5.91 Å². The SMILES string of the molecule is Cn1cc(C(=O)NCc2ccc(C(N)=O)cc2)c(-c2ccoc2)n1. The van der Waals surface area contributed by atoms with Crippen molar-refractivity contribution in [2.45, 2.75) is 6.54 Å². The highest BCUT2D eigenvalue weighted by molar-refractivity contribution is 5.99. The fraction of sp³-hybridized carbons (Fsp3) is 0.118. The van der Waals surface area contributed by atoms with Crippen molar-refractivity contribution in [3.8, 4) is 11.3 Å². The van der Waals surface area contributed by atoms with E-state index in [1.165, 1.54) is 6.26 Å². The third kappa shape index (κ3) is 3.19. The Morgan fingerprint density at radius 1 is 1.25 bits per heavy atom. The van der Waals surface area contributed by atoms with Gasteiger partial charge in [0.05, 0.1) is 18.1 Å². The molecule has 0 spiro atoms. The van der Waals surface area contributed by atoms with Gasteiger partial charge in [-0.25, -0.2) is 0 Å². The lowest BCUT2D eigenvalue weighted by Crippen LogP contribution is -2.23. The van der Waals surface area contributed by atoms with E-state index in [1.54, 1.807) is 54.5 Å². The number of furan rings is 1. The average Bonchev–Trinajstić information content (AvgIpc) is 3.22. The quantitative estimate of drug-likeness (QED) is 0.745. The second-order valence-electron chi connectivity index (χ2n) is 5.32. The van der Waals surface area contributed by atoms with Gasteiger partial charge >= 0.3 is 0 Å². The van der Waals surface area contributed by atoms with Crippen LogP contribution in [0.2, 0.25) is 0 Å². The minimum atomic E-state index is -0.481. The summed E-state index contributed by atoms with van der Waals surface area (Å²) in [5.74, 6) is -0.719. The molecule has 0 atom stereocenters. The number of nitrogens with zero attached hydrogens (tertiary/aromatic N) is 2. The van der Waals surface area contributed by atoms with E-state index in [0.29, 0.717) is 23.4 Å². The molecule has 0 aliphatic carbocycles. The fourth-order valence-electron chi connectivity index (χ4n) is 2.33. The highest BCUT2D eigenvalue weighted by Crippen LogP contribution is 2.22. The monoisotopic (exact) mass is 324 g/mol. The number of hydrogen-bond donors (Lipinski definition) is 2. The van der Waals surface area contributed by atoms with Crippen molar-refractivity contribution in [2.75, 3.05) is 0 Å². The van der Waals surface area contributed by atoms with Crippen LogP contribution in [0, 0.1) is 0 Å². The van der Waals surface area contributed by atoms with Crippen molar-refractivity contribution in [3.05, 3.63) is 65.7 Å². The first-order valence-electron chi connectivity index (χ1n) is 7.28. The van der Waals surface area contributed by atoms with Crippen molar-refractivity contribution >= 4 is 11.8 Å². The number of primary amides is 1. The molecule has 0 bridgehead atoms. The molecule has 0 radical (unpaired) electrons. The highest BCUT2D eigenvalue weighted by Gasteiger charge is 2.17. The summed E-state index contributed by atoms with van der Waals surface area (Å²) in [7, 11) is 1.75. The van der Waals surface area contributed by atoms with Gasteiger partial charge in [0.2, 0.25) is 5.91 Å². The first-order valence-corrected chi connectivity index (χ1v) is 7.28. The van der Waals surface area contributed by atoms with Gasteiger partial charge in [-0.2, -0.15) is 5.10 Å². The maximum atomic E-state index is 12.5. The molecule has 0 saturated heterocycles. The van der Waals surface area contributed by atoms with Crippen molar-refractivity contribution in [2.24, 2.45) is 12.8 Å². The maximum absolute atomic E-state index is 12.5. The van der Waals surface area contributed by atoms with Crippen LogP contribution < -0.4 is 11.1 Å². The summed E-state index contributed by atoms with van der Waals surface area (Å²) in [6.45, 7) is 0.331. The van der Waals surface area contributed by atoms with Gasteiger partial charge in [0, 0.05) is 30.9 Å². The van der Waals surface area contributed by atoms with Crippen LogP contribution in [-0.4, -0.2) is 21.6 Å². The van der Waals surface area contributed by atoms with E-state index in [0.717, 1.165) is 11.1 Å². The second kappa shape index (κ2) is 6.41. The molecule has 3 aromatic rings. The minimum absolute atomic E-state index is 0.238. The van der Waals surface area contributed by atoms with Gasteiger partial charge in [-0.05, 0) is 23.8 Å². The number of nitrogens with two attached hydrogens (primary N) is 1. The first-order chi connectivity index (χ1) is 11.5. The Bertz CT molecular complexity index is 864. The maximum Gasteiger partial charge on any atom is 0.255 e. The summed E-state index contributed by atoms with van der Waals surface area (Å²) in [6.07, 6.45) is 4.74. The number of aromatic nitrogens is 2. The summed E-state index contributed by atoms with van der Waals surface area (Å²) in [5.41, 5.74) is 8.27. The lowest BCUT2D eigenvalue weighted by Gasteiger charge is -2.05. The number of rotatable bonds is 5. The van der Waals surface area contributed by atoms with Crippen LogP contribution in [0.3, 0.4) is 0 Å². The Morgan fingerprint density at radius 2 is 2.00 bits per heavy atom. The molecule has 0 unspecified atom stereocenters. The molecule has 2 aromatic heterocycles. The number of benzene rings is 1. The van der Waals surface area contributed by atoms with E-state index in [2.05, 4.69) is 10.4 Å². The molecule has 0 fully saturated rings. The molecule has 7 nitrogen and oxygen atoms in total. The van der Waals surface area contributed by atoms with Crippen molar-refractivity contribution in [1.82, 2.24) is 15.1 Å². The summed E-state index contributed by atoms with van der Waals surface area (Å²) in [5, 5.41) is 7.15. The molecule has 1 aromatic carbocycles. The number of amides is 2. The fourth-order valence-corrected chi connectivity index (χ4v) is 2.33. The summed E-state index contributed by atoms with van der Waals surface area (Å²) in [4.78, 5) is 23.5. The van der Waals surface area contributed by atoms with Gasteiger partial charge < -0.3 is 15.5 Å². The molecule has 3 N–H and O–H groups in total. The predicted octanol–water partition coefficient (Wildman–Crippen LogP) is 1.71. The van der Waals surface area contributed by atoms with E-state index in [4.69, 9.17) is 10.2 Å². The summed E-state index contributed by atoms with van der Waals surface area (Å²) < 4.78 is 6.64.